The predicted molar refractivity (Wildman–Crippen MR) is 58.7 cm³/mol. The fourth-order valence-corrected chi connectivity index (χ4v) is 1.70. The zero-order valence-electron chi connectivity index (χ0n) is 9.02. The monoisotopic (exact) mass is 193 g/mol. The van der Waals surface area contributed by atoms with E-state index >= 15 is 0 Å². The lowest BCUT2D eigenvalue weighted by Gasteiger charge is -2.08. The first-order valence-electron chi connectivity index (χ1n) is 5.33. The van der Waals surface area contributed by atoms with Gasteiger partial charge in [-0.15, -0.1) is 0 Å². The third-order valence-electron chi connectivity index (χ3n) is 2.52. The molecule has 77 valence electrons. The molecule has 0 spiro atoms. The summed E-state index contributed by atoms with van der Waals surface area (Å²) < 4.78 is 13.5. The number of hydrogen-bond donors (Lipinski definition) is 0. The standard InChI is InChI=1S/C13H18F/c1-3-5-6-9-12-11(4-2)8-7-10-13(12)14/h3,7-8,10H,4-6,9H2,1-2H3. The third kappa shape index (κ3) is 2.83. The van der Waals surface area contributed by atoms with Crippen molar-refractivity contribution in [1.82, 2.24) is 0 Å². The molecule has 0 aliphatic heterocycles. The van der Waals surface area contributed by atoms with Gasteiger partial charge in [0.15, 0.2) is 0 Å². The van der Waals surface area contributed by atoms with Gasteiger partial charge in [0.05, 0.1) is 0 Å². The lowest BCUT2D eigenvalue weighted by atomic mass is 9.99. The fraction of sp³-hybridized carbons (Fsp3) is 0.462. The van der Waals surface area contributed by atoms with Crippen molar-refractivity contribution >= 4 is 0 Å². The van der Waals surface area contributed by atoms with Crippen molar-refractivity contribution < 1.29 is 4.39 Å². The highest BCUT2D eigenvalue weighted by atomic mass is 19.1. The maximum Gasteiger partial charge on any atom is 0.126 e. The summed E-state index contributed by atoms with van der Waals surface area (Å²) in [6.07, 6.45) is 6.03. The van der Waals surface area contributed by atoms with Crippen LogP contribution in [-0.2, 0) is 12.8 Å². The van der Waals surface area contributed by atoms with Crippen LogP contribution in [0, 0.1) is 12.2 Å². The number of benzene rings is 1. The summed E-state index contributed by atoms with van der Waals surface area (Å²) >= 11 is 0. The van der Waals surface area contributed by atoms with Gasteiger partial charge in [0, 0.05) is 0 Å². The molecule has 0 bridgehead atoms. The first kappa shape index (κ1) is 11.2. The summed E-state index contributed by atoms with van der Waals surface area (Å²) in [6.45, 7) is 4.12. The van der Waals surface area contributed by atoms with Crippen LogP contribution >= 0.6 is 0 Å². The molecule has 0 unspecified atom stereocenters. The number of halogens is 1. The van der Waals surface area contributed by atoms with E-state index in [1.807, 2.05) is 13.0 Å². The first-order chi connectivity index (χ1) is 6.79. The number of rotatable bonds is 5. The second kappa shape index (κ2) is 5.79. The molecule has 0 heterocycles. The number of hydrogen-bond acceptors (Lipinski definition) is 0. The Labute approximate surface area is 86.2 Å². The Morgan fingerprint density at radius 2 is 2.14 bits per heavy atom. The Kier molecular flexibility index (Phi) is 4.64. The zero-order chi connectivity index (χ0) is 10.4. The van der Waals surface area contributed by atoms with E-state index in [-0.39, 0.29) is 5.82 Å². The van der Waals surface area contributed by atoms with Crippen molar-refractivity contribution in [3.05, 3.63) is 41.6 Å². The third-order valence-corrected chi connectivity index (χ3v) is 2.52. The van der Waals surface area contributed by atoms with E-state index in [9.17, 15) is 4.39 Å². The van der Waals surface area contributed by atoms with Gasteiger partial charge >= 0.3 is 0 Å². The molecule has 1 heteroatoms. The van der Waals surface area contributed by atoms with Crippen LogP contribution in [0.1, 0.15) is 37.8 Å². The van der Waals surface area contributed by atoms with E-state index in [4.69, 9.17) is 0 Å². The average Bonchev–Trinajstić information content (AvgIpc) is 2.20. The van der Waals surface area contributed by atoms with Crippen molar-refractivity contribution in [2.45, 2.75) is 39.5 Å². The van der Waals surface area contributed by atoms with Gasteiger partial charge in [-0.25, -0.2) is 4.39 Å². The van der Waals surface area contributed by atoms with Gasteiger partial charge in [-0.1, -0.05) is 32.4 Å². The molecule has 1 aromatic rings. The molecule has 0 saturated heterocycles. The normalized spacial score (nSPS) is 10.5. The molecular formula is C13H18F. The molecule has 0 atom stereocenters. The number of unbranched alkanes of at least 4 members (excludes halogenated alkanes) is 2. The van der Waals surface area contributed by atoms with Crippen molar-refractivity contribution in [2.24, 2.45) is 0 Å². The SMILES string of the molecule is C[CH]CCCc1c(F)cccc1CC. The van der Waals surface area contributed by atoms with E-state index in [1.165, 1.54) is 0 Å². The minimum absolute atomic E-state index is 0.0412. The second-order valence-corrected chi connectivity index (χ2v) is 3.53. The van der Waals surface area contributed by atoms with Crippen molar-refractivity contribution in [3.63, 3.8) is 0 Å². The summed E-state index contributed by atoms with van der Waals surface area (Å²) in [5, 5.41) is 0. The Morgan fingerprint density at radius 3 is 2.79 bits per heavy atom. The maximum atomic E-state index is 13.5. The Balaban J connectivity index is 2.72. The molecule has 0 nitrogen and oxygen atoms in total. The van der Waals surface area contributed by atoms with Crippen LogP contribution < -0.4 is 0 Å². The molecule has 0 amide bonds. The first-order valence-corrected chi connectivity index (χ1v) is 5.33. The smallest absolute Gasteiger partial charge is 0.126 e. The Hall–Kier alpha value is -0.850. The quantitative estimate of drug-likeness (QED) is 0.621. The van der Waals surface area contributed by atoms with E-state index in [2.05, 4.69) is 13.3 Å². The topological polar surface area (TPSA) is 0 Å². The van der Waals surface area contributed by atoms with E-state index in [0.717, 1.165) is 36.8 Å². The average molecular weight is 193 g/mol. The Bertz CT molecular complexity index is 279. The molecule has 0 saturated carbocycles. The van der Waals surface area contributed by atoms with Gasteiger partial charge in [-0.05, 0) is 42.9 Å². The highest BCUT2D eigenvalue weighted by Crippen LogP contribution is 2.17. The van der Waals surface area contributed by atoms with Gasteiger partial charge in [0.25, 0.3) is 0 Å². The van der Waals surface area contributed by atoms with E-state index < -0.39 is 0 Å². The van der Waals surface area contributed by atoms with Crippen LogP contribution in [-0.4, -0.2) is 0 Å². The molecule has 0 N–H and O–H groups in total. The fourth-order valence-electron chi connectivity index (χ4n) is 1.70. The molecule has 1 rings (SSSR count). The maximum absolute atomic E-state index is 13.5. The van der Waals surface area contributed by atoms with Gasteiger partial charge in [-0.2, -0.15) is 0 Å². The number of aryl methyl sites for hydroxylation is 1. The molecule has 1 aromatic carbocycles. The minimum Gasteiger partial charge on any atom is -0.207 e. The highest BCUT2D eigenvalue weighted by Gasteiger charge is 2.05. The molecular weight excluding hydrogens is 175 g/mol. The van der Waals surface area contributed by atoms with Gasteiger partial charge < -0.3 is 0 Å². The molecule has 0 aliphatic carbocycles. The van der Waals surface area contributed by atoms with Crippen LogP contribution in [0.5, 0.6) is 0 Å². The summed E-state index contributed by atoms with van der Waals surface area (Å²) in [5.41, 5.74) is 2.07. The predicted octanol–water partition coefficient (Wildman–Crippen LogP) is 3.93. The molecule has 0 aromatic heterocycles. The highest BCUT2D eigenvalue weighted by molar-refractivity contribution is 5.28. The molecule has 14 heavy (non-hydrogen) atoms. The summed E-state index contributed by atoms with van der Waals surface area (Å²) in [7, 11) is 0. The van der Waals surface area contributed by atoms with Crippen LogP contribution in [0.2, 0.25) is 0 Å². The van der Waals surface area contributed by atoms with Gasteiger partial charge in [0.1, 0.15) is 5.82 Å². The summed E-state index contributed by atoms with van der Waals surface area (Å²) in [6, 6.07) is 5.38. The largest absolute Gasteiger partial charge is 0.207 e. The summed E-state index contributed by atoms with van der Waals surface area (Å²) in [4.78, 5) is 0. The van der Waals surface area contributed by atoms with Crippen LogP contribution in [0.15, 0.2) is 18.2 Å². The lowest BCUT2D eigenvalue weighted by molar-refractivity contribution is 0.600. The van der Waals surface area contributed by atoms with Crippen LogP contribution in [0.4, 0.5) is 4.39 Å². The Morgan fingerprint density at radius 1 is 1.36 bits per heavy atom. The van der Waals surface area contributed by atoms with Crippen molar-refractivity contribution in [2.75, 3.05) is 0 Å². The molecule has 1 radical (unpaired) electrons. The van der Waals surface area contributed by atoms with E-state index in [1.54, 1.807) is 12.1 Å². The lowest BCUT2D eigenvalue weighted by Crippen LogP contribution is -1.97. The van der Waals surface area contributed by atoms with Crippen molar-refractivity contribution in [3.8, 4) is 0 Å². The zero-order valence-corrected chi connectivity index (χ0v) is 9.02. The van der Waals surface area contributed by atoms with Gasteiger partial charge in [0.2, 0.25) is 0 Å². The summed E-state index contributed by atoms with van der Waals surface area (Å²) in [5.74, 6) is -0.0412. The van der Waals surface area contributed by atoms with Crippen LogP contribution in [0.25, 0.3) is 0 Å². The minimum atomic E-state index is -0.0412. The van der Waals surface area contributed by atoms with Gasteiger partial charge in [-0.3, -0.25) is 0 Å². The van der Waals surface area contributed by atoms with E-state index in [0.29, 0.717) is 0 Å². The van der Waals surface area contributed by atoms with Crippen molar-refractivity contribution in [1.29, 1.82) is 0 Å². The second-order valence-electron chi connectivity index (χ2n) is 3.53. The molecule has 0 fully saturated rings. The molecule has 0 aliphatic rings. The van der Waals surface area contributed by atoms with Crippen LogP contribution in [0.3, 0.4) is 0 Å².